The van der Waals surface area contributed by atoms with Gasteiger partial charge in [-0.25, -0.2) is 0 Å². The number of hydrogen-bond acceptors (Lipinski definition) is 3. The first-order valence-electron chi connectivity index (χ1n) is 4.69. The average Bonchev–Trinajstić information content (AvgIpc) is 2.45. The second-order valence-electron chi connectivity index (χ2n) is 4.17. The van der Waals surface area contributed by atoms with Crippen molar-refractivity contribution >= 4 is 5.78 Å². The highest BCUT2D eigenvalue weighted by Gasteiger charge is 2.20. The molecule has 1 aromatic heterocycles. The Hall–Kier alpha value is -1.16. The number of nitrogens with two attached hydrogens (primary N) is 1. The maximum atomic E-state index is 11.5. The van der Waals surface area contributed by atoms with E-state index in [0.717, 1.165) is 5.56 Å². The lowest BCUT2D eigenvalue weighted by atomic mass is 9.96. The molecule has 0 radical (unpaired) electrons. The lowest BCUT2D eigenvalue weighted by Crippen LogP contribution is -2.41. The Morgan fingerprint density at radius 3 is 2.71 bits per heavy atom. The van der Waals surface area contributed by atoms with Crippen LogP contribution in [0.3, 0.4) is 0 Å². The minimum absolute atomic E-state index is 0.0846. The van der Waals surface area contributed by atoms with Crippen LogP contribution in [-0.4, -0.2) is 21.1 Å². The third kappa shape index (κ3) is 2.96. The van der Waals surface area contributed by atoms with E-state index < -0.39 is 5.54 Å². The van der Waals surface area contributed by atoms with E-state index in [9.17, 15) is 4.79 Å². The molecule has 0 amide bonds. The third-order valence-corrected chi connectivity index (χ3v) is 2.12. The first-order chi connectivity index (χ1) is 6.39. The largest absolute Gasteiger partial charge is 0.319 e. The average molecular weight is 195 g/mol. The van der Waals surface area contributed by atoms with Gasteiger partial charge in [0, 0.05) is 19.7 Å². The van der Waals surface area contributed by atoms with E-state index in [1.807, 2.05) is 13.2 Å². The van der Waals surface area contributed by atoms with Gasteiger partial charge in [-0.05, 0) is 25.8 Å². The number of rotatable bonds is 4. The number of aromatic nitrogens is 2. The van der Waals surface area contributed by atoms with Gasteiger partial charge in [0.05, 0.1) is 11.7 Å². The lowest BCUT2D eigenvalue weighted by Gasteiger charge is -2.15. The van der Waals surface area contributed by atoms with Gasteiger partial charge in [0.15, 0.2) is 5.78 Å². The quantitative estimate of drug-likeness (QED) is 0.767. The molecule has 1 heterocycles. The minimum atomic E-state index is -0.720. The molecule has 0 bridgehead atoms. The molecule has 1 rings (SSSR count). The fourth-order valence-electron chi connectivity index (χ4n) is 1.18. The van der Waals surface area contributed by atoms with Crippen LogP contribution in [0.25, 0.3) is 0 Å². The molecule has 4 heteroatoms. The van der Waals surface area contributed by atoms with Gasteiger partial charge in [0.1, 0.15) is 0 Å². The van der Waals surface area contributed by atoms with Gasteiger partial charge in [-0.2, -0.15) is 5.10 Å². The summed E-state index contributed by atoms with van der Waals surface area (Å²) in [7, 11) is 1.86. The van der Waals surface area contributed by atoms with Crippen LogP contribution in [0.4, 0.5) is 0 Å². The molecule has 0 unspecified atom stereocenters. The van der Waals surface area contributed by atoms with Gasteiger partial charge in [-0.15, -0.1) is 0 Å². The molecule has 4 nitrogen and oxygen atoms in total. The van der Waals surface area contributed by atoms with E-state index in [-0.39, 0.29) is 5.78 Å². The van der Waals surface area contributed by atoms with E-state index >= 15 is 0 Å². The van der Waals surface area contributed by atoms with Crippen LogP contribution in [0.1, 0.15) is 25.8 Å². The Morgan fingerprint density at radius 2 is 2.29 bits per heavy atom. The Kier molecular flexibility index (Phi) is 3.06. The van der Waals surface area contributed by atoms with Crippen molar-refractivity contribution in [2.75, 3.05) is 0 Å². The van der Waals surface area contributed by atoms with Crippen molar-refractivity contribution in [1.82, 2.24) is 9.78 Å². The van der Waals surface area contributed by atoms with E-state index in [1.54, 1.807) is 24.7 Å². The van der Waals surface area contributed by atoms with Gasteiger partial charge in [-0.3, -0.25) is 9.48 Å². The molecule has 1 aromatic rings. The molecular formula is C10H17N3O. The van der Waals surface area contributed by atoms with Crippen LogP contribution in [0.2, 0.25) is 0 Å². The first-order valence-corrected chi connectivity index (χ1v) is 4.69. The summed E-state index contributed by atoms with van der Waals surface area (Å²) in [6.07, 6.45) is 4.89. The Morgan fingerprint density at radius 1 is 1.64 bits per heavy atom. The number of aryl methyl sites for hydroxylation is 2. The van der Waals surface area contributed by atoms with Crippen LogP contribution in [0.15, 0.2) is 12.4 Å². The monoisotopic (exact) mass is 195 g/mol. The lowest BCUT2D eigenvalue weighted by molar-refractivity contribution is -0.123. The summed E-state index contributed by atoms with van der Waals surface area (Å²) in [4.78, 5) is 11.5. The number of carbonyl (C=O) groups is 1. The molecule has 0 fully saturated rings. The number of nitrogens with zero attached hydrogens (tertiary/aromatic N) is 2. The second kappa shape index (κ2) is 3.92. The molecular weight excluding hydrogens is 178 g/mol. The predicted octanol–water partition coefficient (Wildman–Crippen LogP) is 0.659. The molecule has 78 valence electrons. The maximum Gasteiger partial charge on any atom is 0.152 e. The molecule has 0 aliphatic carbocycles. The first kappa shape index (κ1) is 10.9. The van der Waals surface area contributed by atoms with Crippen molar-refractivity contribution in [3.8, 4) is 0 Å². The SMILES string of the molecule is Cn1cc(CCC(=O)C(C)(C)N)cn1. The molecule has 2 N–H and O–H groups in total. The zero-order valence-corrected chi connectivity index (χ0v) is 8.95. The van der Waals surface area contributed by atoms with Gasteiger partial charge >= 0.3 is 0 Å². The van der Waals surface area contributed by atoms with Crippen molar-refractivity contribution in [1.29, 1.82) is 0 Å². The van der Waals surface area contributed by atoms with Gasteiger partial charge in [0.2, 0.25) is 0 Å². The van der Waals surface area contributed by atoms with Crippen molar-refractivity contribution in [2.45, 2.75) is 32.2 Å². The normalized spacial score (nSPS) is 11.7. The zero-order chi connectivity index (χ0) is 10.8. The van der Waals surface area contributed by atoms with Gasteiger partial charge in [0.25, 0.3) is 0 Å². The Balaban J connectivity index is 2.46. The van der Waals surface area contributed by atoms with Crippen molar-refractivity contribution < 1.29 is 4.79 Å². The van der Waals surface area contributed by atoms with Crippen LogP contribution < -0.4 is 5.73 Å². The van der Waals surface area contributed by atoms with Crippen LogP contribution in [0.5, 0.6) is 0 Å². The zero-order valence-electron chi connectivity index (χ0n) is 8.95. The standard InChI is InChI=1S/C10H17N3O/c1-10(2,11)9(14)5-4-8-6-12-13(3)7-8/h6-7H,4-5,11H2,1-3H3. The molecule has 0 aliphatic heterocycles. The molecule has 0 saturated heterocycles. The molecule has 0 spiro atoms. The maximum absolute atomic E-state index is 11.5. The number of ketones is 1. The highest BCUT2D eigenvalue weighted by atomic mass is 16.1. The second-order valence-corrected chi connectivity index (χ2v) is 4.17. The van der Waals surface area contributed by atoms with E-state index in [1.165, 1.54) is 0 Å². The summed E-state index contributed by atoms with van der Waals surface area (Å²) in [6.45, 7) is 3.47. The van der Waals surface area contributed by atoms with Gasteiger partial charge < -0.3 is 5.73 Å². The van der Waals surface area contributed by atoms with Gasteiger partial charge in [-0.1, -0.05) is 0 Å². The number of carbonyl (C=O) groups excluding carboxylic acids is 1. The fraction of sp³-hybridized carbons (Fsp3) is 0.600. The van der Waals surface area contributed by atoms with E-state index in [4.69, 9.17) is 5.73 Å². The summed E-state index contributed by atoms with van der Waals surface area (Å²) >= 11 is 0. The molecule has 14 heavy (non-hydrogen) atoms. The third-order valence-electron chi connectivity index (χ3n) is 2.12. The summed E-state index contributed by atoms with van der Waals surface area (Å²) in [5, 5.41) is 4.03. The van der Waals surface area contributed by atoms with Crippen LogP contribution >= 0.6 is 0 Å². The summed E-state index contributed by atoms with van der Waals surface area (Å²) in [5.74, 6) is 0.0846. The van der Waals surface area contributed by atoms with Crippen LogP contribution in [0, 0.1) is 0 Å². The van der Waals surface area contributed by atoms with Crippen molar-refractivity contribution in [3.05, 3.63) is 18.0 Å². The summed E-state index contributed by atoms with van der Waals surface area (Å²) in [6, 6.07) is 0. The molecule has 0 atom stereocenters. The van der Waals surface area contributed by atoms with E-state index in [2.05, 4.69) is 5.10 Å². The Labute approximate surface area is 84.1 Å². The summed E-state index contributed by atoms with van der Waals surface area (Å²) < 4.78 is 1.73. The number of Topliss-reactive ketones (excluding diaryl/α,β-unsaturated/α-hetero) is 1. The predicted molar refractivity (Wildman–Crippen MR) is 54.8 cm³/mol. The van der Waals surface area contributed by atoms with Crippen molar-refractivity contribution in [2.24, 2.45) is 12.8 Å². The van der Waals surface area contributed by atoms with E-state index in [0.29, 0.717) is 12.8 Å². The van der Waals surface area contributed by atoms with Crippen molar-refractivity contribution in [3.63, 3.8) is 0 Å². The summed E-state index contributed by atoms with van der Waals surface area (Å²) in [5.41, 5.74) is 6.03. The molecule has 0 aromatic carbocycles. The highest BCUT2D eigenvalue weighted by Crippen LogP contribution is 2.07. The number of hydrogen-bond donors (Lipinski definition) is 1. The smallest absolute Gasteiger partial charge is 0.152 e. The minimum Gasteiger partial charge on any atom is -0.319 e. The molecule has 0 aliphatic rings. The fourth-order valence-corrected chi connectivity index (χ4v) is 1.18. The topological polar surface area (TPSA) is 60.9 Å². The van der Waals surface area contributed by atoms with Crippen LogP contribution in [-0.2, 0) is 18.3 Å². The highest BCUT2D eigenvalue weighted by molar-refractivity contribution is 5.87. The molecule has 0 saturated carbocycles. The Bertz CT molecular complexity index is 322.